The number of hydrogen-bond donors (Lipinski definition) is 0. The highest BCUT2D eigenvalue weighted by Gasteiger charge is 2.16. The molecular weight excluding hydrogens is 310 g/mol. The molecule has 0 atom stereocenters. The van der Waals surface area contributed by atoms with E-state index in [2.05, 4.69) is 47.1 Å². The molecule has 3 rings (SSSR count). The fourth-order valence-corrected chi connectivity index (χ4v) is 3.11. The van der Waals surface area contributed by atoms with E-state index in [9.17, 15) is 0 Å². The Labute approximate surface area is 150 Å². The lowest BCUT2D eigenvalue weighted by molar-refractivity contribution is 0.131. The molecule has 0 aromatic heterocycles. The molecule has 2 aromatic rings. The molecule has 0 saturated carbocycles. The Morgan fingerprint density at radius 2 is 1.72 bits per heavy atom. The van der Waals surface area contributed by atoms with E-state index in [0.29, 0.717) is 0 Å². The van der Waals surface area contributed by atoms with E-state index in [0.717, 1.165) is 44.0 Å². The second kappa shape index (κ2) is 8.17. The quantitative estimate of drug-likeness (QED) is 0.782. The van der Waals surface area contributed by atoms with Crippen LogP contribution >= 0.6 is 0 Å². The van der Waals surface area contributed by atoms with E-state index in [-0.39, 0.29) is 0 Å². The number of rotatable bonds is 5. The van der Waals surface area contributed by atoms with Gasteiger partial charge in [0.05, 0.1) is 13.3 Å². The van der Waals surface area contributed by atoms with Crippen LogP contribution in [0.15, 0.2) is 47.6 Å². The van der Waals surface area contributed by atoms with Gasteiger partial charge in [-0.25, -0.2) is 0 Å². The minimum atomic E-state index is 0.872. The summed E-state index contributed by atoms with van der Waals surface area (Å²) < 4.78 is 5.18. The summed E-state index contributed by atoms with van der Waals surface area (Å²) in [7, 11) is 1.68. The van der Waals surface area contributed by atoms with Crippen LogP contribution in [0.5, 0.6) is 5.75 Å². The Balaban J connectivity index is 1.50. The van der Waals surface area contributed by atoms with Gasteiger partial charge in [0, 0.05) is 32.7 Å². The van der Waals surface area contributed by atoms with E-state index in [1.807, 2.05) is 30.5 Å². The van der Waals surface area contributed by atoms with E-state index >= 15 is 0 Å². The van der Waals surface area contributed by atoms with Crippen molar-refractivity contribution in [3.05, 3.63) is 64.7 Å². The summed E-state index contributed by atoms with van der Waals surface area (Å²) in [4.78, 5) is 2.51. The molecule has 1 aliphatic heterocycles. The topological polar surface area (TPSA) is 28.1 Å². The first-order chi connectivity index (χ1) is 12.1. The Morgan fingerprint density at radius 3 is 2.36 bits per heavy atom. The van der Waals surface area contributed by atoms with Crippen LogP contribution < -0.4 is 4.74 Å². The second-order valence-electron chi connectivity index (χ2n) is 6.68. The maximum atomic E-state index is 5.18. The van der Waals surface area contributed by atoms with Gasteiger partial charge in [0.25, 0.3) is 0 Å². The standard InChI is InChI=1S/C21H27N3O/c1-17-4-7-20(18(2)14-17)16-23-10-12-24(13-11-23)22-15-19-5-8-21(25-3)9-6-19/h4-9,14-15H,10-13,16H2,1-3H3. The first-order valence-corrected chi connectivity index (χ1v) is 8.85. The lowest BCUT2D eigenvalue weighted by Gasteiger charge is -2.33. The van der Waals surface area contributed by atoms with Crippen molar-refractivity contribution in [1.29, 1.82) is 0 Å². The molecule has 1 heterocycles. The molecule has 0 radical (unpaired) electrons. The maximum absolute atomic E-state index is 5.18. The molecule has 25 heavy (non-hydrogen) atoms. The zero-order chi connectivity index (χ0) is 17.6. The zero-order valence-electron chi connectivity index (χ0n) is 15.4. The van der Waals surface area contributed by atoms with Gasteiger partial charge in [0.2, 0.25) is 0 Å². The first-order valence-electron chi connectivity index (χ1n) is 8.85. The predicted octanol–water partition coefficient (Wildman–Crippen LogP) is 3.46. The summed E-state index contributed by atoms with van der Waals surface area (Å²) in [5.74, 6) is 0.872. The van der Waals surface area contributed by atoms with Crippen LogP contribution in [0.1, 0.15) is 22.3 Å². The van der Waals surface area contributed by atoms with Crippen molar-refractivity contribution in [2.75, 3.05) is 33.3 Å². The first kappa shape index (κ1) is 17.5. The van der Waals surface area contributed by atoms with Gasteiger partial charge in [-0.15, -0.1) is 0 Å². The zero-order valence-corrected chi connectivity index (χ0v) is 15.4. The molecule has 0 bridgehead atoms. The third-order valence-electron chi connectivity index (χ3n) is 4.73. The van der Waals surface area contributed by atoms with Gasteiger partial charge in [-0.1, -0.05) is 23.8 Å². The summed E-state index contributed by atoms with van der Waals surface area (Å²) in [5, 5.41) is 6.78. The molecule has 0 unspecified atom stereocenters. The summed E-state index contributed by atoms with van der Waals surface area (Å²) >= 11 is 0. The predicted molar refractivity (Wildman–Crippen MR) is 103 cm³/mol. The van der Waals surface area contributed by atoms with Gasteiger partial charge < -0.3 is 4.74 Å². The summed E-state index contributed by atoms with van der Waals surface area (Å²) in [5.41, 5.74) is 5.25. The minimum absolute atomic E-state index is 0.872. The maximum Gasteiger partial charge on any atom is 0.118 e. The Bertz CT molecular complexity index is 716. The highest BCUT2D eigenvalue weighted by atomic mass is 16.5. The number of hydrogen-bond acceptors (Lipinski definition) is 4. The SMILES string of the molecule is COc1ccc(C=NN2CCN(Cc3ccc(C)cc3C)CC2)cc1. The van der Waals surface area contributed by atoms with Gasteiger partial charge in [-0.2, -0.15) is 5.10 Å². The van der Waals surface area contributed by atoms with Gasteiger partial charge in [-0.05, 0) is 54.8 Å². The third-order valence-corrected chi connectivity index (χ3v) is 4.73. The van der Waals surface area contributed by atoms with Crippen LogP contribution in [0.4, 0.5) is 0 Å². The highest BCUT2D eigenvalue weighted by molar-refractivity contribution is 5.79. The van der Waals surface area contributed by atoms with Crippen LogP contribution in [0, 0.1) is 13.8 Å². The largest absolute Gasteiger partial charge is 0.497 e. The number of methoxy groups -OCH3 is 1. The van der Waals surface area contributed by atoms with E-state index in [1.165, 1.54) is 16.7 Å². The molecule has 4 nitrogen and oxygen atoms in total. The highest BCUT2D eigenvalue weighted by Crippen LogP contribution is 2.15. The lowest BCUT2D eigenvalue weighted by atomic mass is 10.1. The minimum Gasteiger partial charge on any atom is -0.497 e. The third kappa shape index (κ3) is 4.83. The van der Waals surface area contributed by atoms with Crippen molar-refractivity contribution in [3.8, 4) is 5.75 Å². The van der Waals surface area contributed by atoms with Crippen molar-refractivity contribution in [3.63, 3.8) is 0 Å². The molecule has 1 saturated heterocycles. The molecule has 0 amide bonds. The average molecular weight is 337 g/mol. The Kier molecular flexibility index (Phi) is 5.71. The molecule has 4 heteroatoms. The molecule has 0 N–H and O–H groups in total. The number of hydrazone groups is 1. The normalized spacial score (nSPS) is 15.7. The smallest absolute Gasteiger partial charge is 0.118 e. The number of ether oxygens (including phenoxy) is 1. The van der Waals surface area contributed by atoms with Crippen molar-refractivity contribution in [2.45, 2.75) is 20.4 Å². The molecule has 132 valence electrons. The fraction of sp³-hybridized carbons (Fsp3) is 0.381. The van der Waals surface area contributed by atoms with Crippen LogP contribution in [-0.4, -0.2) is 49.4 Å². The molecule has 1 fully saturated rings. The van der Waals surface area contributed by atoms with Crippen LogP contribution in [-0.2, 0) is 6.54 Å². The van der Waals surface area contributed by atoms with Gasteiger partial charge >= 0.3 is 0 Å². The number of benzene rings is 2. The van der Waals surface area contributed by atoms with Crippen molar-refractivity contribution < 1.29 is 4.74 Å². The number of piperazine rings is 1. The van der Waals surface area contributed by atoms with Crippen molar-refractivity contribution in [1.82, 2.24) is 9.91 Å². The average Bonchev–Trinajstić information content (AvgIpc) is 2.64. The van der Waals surface area contributed by atoms with Crippen LogP contribution in [0.25, 0.3) is 0 Å². The summed E-state index contributed by atoms with van der Waals surface area (Å²) in [6.07, 6.45) is 1.93. The number of aryl methyl sites for hydroxylation is 2. The van der Waals surface area contributed by atoms with Crippen molar-refractivity contribution in [2.24, 2.45) is 5.10 Å². The Hall–Kier alpha value is -2.33. The molecular formula is C21H27N3O. The molecule has 1 aliphatic rings. The second-order valence-corrected chi connectivity index (χ2v) is 6.68. The molecule has 2 aromatic carbocycles. The summed E-state index contributed by atoms with van der Waals surface area (Å²) in [6, 6.07) is 14.7. The van der Waals surface area contributed by atoms with E-state index in [1.54, 1.807) is 7.11 Å². The van der Waals surface area contributed by atoms with Gasteiger partial charge in [-0.3, -0.25) is 9.91 Å². The number of nitrogens with zero attached hydrogens (tertiary/aromatic N) is 3. The van der Waals surface area contributed by atoms with Gasteiger partial charge in [0.15, 0.2) is 0 Å². The Morgan fingerprint density at radius 1 is 1.00 bits per heavy atom. The fourth-order valence-electron chi connectivity index (χ4n) is 3.11. The van der Waals surface area contributed by atoms with E-state index in [4.69, 9.17) is 4.74 Å². The molecule has 0 spiro atoms. The monoisotopic (exact) mass is 337 g/mol. The van der Waals surface area contributed by atoms with Gasteiger partial charge in [0.1, 0.15) is 5.75 Å². The van der Waals surface area contributed by atoms with Crippen LogP contribution in [0.3, 0.4) is 0 Å². The van der Waals surface area contributed by atoms with Crippen LogP contribution in [0.2, 0.25) is 0 Å². The lowest BCUT2D eigenvalue weighted by Crippen LogP contribution is -2.43. The molecule has 0 aliphatic carbocycles. The van der Waals surface area contributed by atoms with E-state index < -0.39 is 0 Å². The van der Waals surface area contributed by atoms with Crippen molar-refractivity contribution >= 4 is 6.21 Å². The summed E-state index contributed by atoms with van der Waals surface area (Å²) in [6.45, 7) is 9.42.